The van der Waals surface area contributed by atoms with E-state index in [0.29, 0.717) is 11.3 Å². The van der Waals surface area contributed by atoms with Crippen LogP contribution in [0.3, 0.4) is 0 Å². The van der Waals surface area contributed by atoms with Gasteiger partial charge in [-0.3, -0.25) is 0 Å². The number of benzene rings is 2. The lowest BCUT2D eigenvalue weighted by atomic mass is 9.84. The molecular formula is C17H14F3NO. The summed E-state index contributed by atoms with van der Waals surface area (Å²) in [5.41, 5.74) is 0.322. The van der Waals surface area contributed by atoms with Crippen LogP contribution in [0.15, 0.2) is 65.8 Å². The molecule has 1 atom stereocenters. The second-order valence-electron chi connectivity index (χ2n) is 5.32. The first-order chi connectivity index (χ1) is 10.5. The zero-order valence-electron chi connectivity index (χ0n) is 11.7. The van der Waals surface area contributed by atoms with E-state index in [-0.39, 0.29) is 6.42 Å². The summed E-state index contributed by atoms with van der Waals surface area (Å²) < 4.78 is 39.1. The van der Waals surface area contributed by atoms with Crippen LogP contribution >= 0.6 is 0 Å². The van der Waals surface area contributed by atoms with Crippen LogP contribution in [-0.2, 0) is 10.4 Å². The van der Waals surface area contributed by atoms with Crippen molar-refractivity contribution >= 4 is 5.71 Å². The maximum Gasteiger partial charge on any atom is 0.393 e. The van der Waals surface area contributed by atoms with E-state index >= 15 is 0 Å². The van der Waals surface area contributed by atoms with E-state index in [1.807, 2.05) is 30.3 Å². The Bertz CT molecular complexity index is 667. The van der Waals surface area contributed by atoms with Gasteiger partial charge in [-0.25, -0.2) is 0 Å². The summed E-state index contributed by atoms with van der Waals surface area (Å²) in [6.07, 6.45) is -5.30. The van der Waals surface area contributed by atoms with Crippen molar-refractivity contribution in [3.8, 4) is 0 Å². The molecule has 0 aromatic heterocycles. The van der Waals surface area contributed by atoms with Gasteiger partial charge in [-0.1, -0.05) is 65.8 Å². The predicted molar refractivity (Wildman–Crippen MR) is 77.5 cm³/mol. The lowest BCUT2D eigenvalue weighted by molar-refractivity contribution is -0.186. The van der Waals surface area contributed by atoms with Gasteiger partial charge in [0.1, 0.15) is 0 Å². The normalized spacial score (nSPS) is 21.3. The lowest BCUT2D eigenvalue weighted by Crippen LogP contribution is -2.32. The van der Waals surface area contributed by atoms with E-state index in [4.69, 9.17) is 4.84 Å². The Labute approximate surface area is 126 Å². The van der Waals surface area contributed by atoms with Crippen LogP contribution in [0.4, 0.5) is 13.2 Å². The van der Waals surface area contributed by atoms with Crippen molar-refractivity contribution < 1.29 is 18.0 Å². The fourth-order valence-corrected chi connectivity index (χ4v) is 2.68. The molecule has 0 fully saturated rings. The Balaban J connectivity index is 1.94. The van der Waals surface area contributed by atoms with Gasteiger partial charge in [0.05, 0.1) is 12.1 Å². The number of alkyl halides is 3. The van der Waals surface area contributed by atoms with Gasteiger partial charge in [0, 0.05) is 6.42 Å². The molecule has 0 N–H and O–H groups in total. The van der Waals surface area contributed by atoms with Gasteiger partial charge in [-0.2, -0.15) is 13.2 Å². The molecule has 1 aliphatic rings. The predicted octanol–water partition coefficient (Wildman–Crippen LogP) is 4.66. The summed E-state index contributed by atoms with van der Waals surface area (Å²) >= 11 is 0. The van der Waals surface area contributed by atoms with E-state index in [1.54, 1.807) is 30.3 Å². The molecule has 1 aliphatic heterocycles. The summed E-state index contributed by atoms with van der Waals surface area (Å²) in [5, 5.41) is 3.94. The summed E-state index contributed by atoms with van der Waals surface area (Å²) in [7, 11) is 0. The van der Waals surface area contributed by atoms with Crippen LogP contribution in [-0.4, -0.2) is 11.9 Å². The third-order valence-corrected chi connectivity index (χ3v) is 3.68. The van der Waals surface area contributed by atoms with Gasteiger partial charge >= 0.3 is 6.18 Å². The summed E-state index contributed by atoms with van der Waals surface area (Å²) in [5.74, 6) is 0. The van der Waals surface area contributed by atoms with Gasteiger partial charge in [-0.05, 0) is 11.1 Å². The van der Waals surface area contributed by atoms with Gasteiger partial charge < -0.3 is 4.84 Å². The molecule has 2 aromatic rings. The number of hydrogen-bond donors (Lipinski definition) is 0. The van der Waals surface area contributed by atoms with Crippen molar-refractivity contribution in [2.24, 2.45) is 5.16 Å². The van der Waals surface area contributed by atoms with Gasteiger partial charge in [0.25, 0.3) is 0 Å². The monoisotopic (exact) mass is 305 g/mol. The molecule has 0 radical (unpaired) electrons. The molecule has 0 spiro atoms. The number of nitrogens with zero attached hydrogens (tertiary/aromatic N) is 1. The van der Waals surface area contributed by atoms with E-state index in [2.05, 4.69) is 5.16 Å². The number of rotatable bonds is 3. The van der Waals surface area contributed by atoms with Crippen molar-refractivity contribution in [3.05, 3.63) is 71.8 Å². The second-order valence-corrected chi connectivity index (χ2v) is 5.32. The van der Waals surface area contributed by atoms with Gasteiger partial charge in [0.15, 0.2) is 5.60 Å². The molecule has 0 saturated carbocycles. The maximum atomic E-state index is 13.0. The topological polar surface area (TPSA) is 21.6 Å². The van der Waals surface area contributed by atoms with Gasteiger partial charge in [-0.15, -0.1) is 0 Å². The molecule has 22 heavy (non-hydrogen) atoms. The van der Waals surface area contributed by atoms with Crippen LogP contribution in [0.1, 0.15) is 24.0 Å². The molecule has 0 bridgehead atoms. The Hall–Kier alpha value is -2.30. The molecule has 3 rings (SSSR count). The molecule has 0 amide bonds. The Kier molecular flexibility index (Phi) is 3.64. The van der Waals surface area contributed by atoms with E-state index in [0.717, 1.165) is 5.56 Å². The molecule has 0 aliphatic carbocycles. The first-order valence-corrected chi connectivity index (χ1v) is 6.91. The minimum Gasteiger partial charge on any atom is -0.383 e. The van der Waals surface area contributed by atoms with Crippen LogP contribution in [0.5, 0.6) is 0 Å². The number of oxime groups is 1. The SMILES string of the molecule is FC(F)(F)CC1(c2ccccc2)CC(c2ccccc2)=NO1. The molecule has 0 saturated heterocycles. The summed E-state index contributed by atoms with van der Waals surface area (Å²) in [6.45, 7) is 0. The molecule has 114 valence electrons. The third kappa shape index (κ3) is 2.98. The first kappa shape index (κ1) is 14.6. The highest BCUT2D eigenvalue weighted by atomic mass is 19.4. The molecule has 1 heterocycles. The highest BCUT2D eigenvalue weighted by Crippen LogP contribution is 2.44. The first-order valence-electron chi connectivity index (χ1n) is 6.91. The molecule has 1 unspecified atom stereocenters. The van der Waals surface area contributed by atoms with E-state index in [1.165, 1.54) is 0 Å². The highest BCUT2D eigenvalue weighted by Gasteiger charge is 2.49. The molecule has 2 aromatic carbocycles. The maximum absolute atomic E-state index is 13.0. The molecular weight excluding hydrogens is 291 g/mol. The fraction of sp³-hybridized carbons (Fsp3) is 0.235. The molecule has 2 nitrogen and oxygen atoms in total. The van der Waals surface area contributed by atoms with Crippen LogP contribution in [0.25, 0.3) is 0 Å². The summed E-state index contributed by atoms with van der Waals surface area (Å²) in [6, 6.07) is 17.6. The second kappa shape index (κ2) is 5.48. The van der Waals surface area contributed by atoms with Crippen LogP contribution in [0.2, 0.25) is 0 Å². The van der Waals surface area contributed by atoms with Crippen molar-refractivity contribution in [1.82, 2.24) is 0 Å². The number of hydrogen-bond acceptors (Lipinski definition) is 2. The minimum atomic E-state index is -4.34. The third-order valence-electron chi connectivity index (χ3n) is 3.68. The van der Waals surface area contributed by atoms with Crippen molar-refractivity contribution in [3.63, 3.8) is 0 Å². The standard InChI is InChI=1S/C17H14F3NO/c18-17(19,20)12-16(14-9-5-2-6-10-14)11-15(21-22-16)13-7-3-1-4-8-13/h1-10H,11-12H2. The Morgan fingerprint density at radius 2 is 1.55 bits per heavy atom. The van der Waals surface area contributed by atoms with Crippen LogP contribution < -0.4 is 0 Å². The lowest BCUT2D eigenvalue weighted by Gasteiger charge is -2.28. The minimum absolute atomic E-state index is 0.0978. The summed E-state index contributed by atoms with van der Waals surface area (Å²) in [4.78, 5) is 5.34. The van der Waals surface area contributed by atoms with Crippen LogP contribution in [0, 0.1) is 0 Å². The average Bonchev–Trinajstić information content (AvgIpc) is 2.92. The van der Waals surface area contributed by atoms with Crippen molar-refractivity contribution in [1.29, 1.82) is 0 Å². The van der Waals surface area contributed by atoms with E-state index < -0.39 is 18.2 Å². The zero-order valence-corrected chi connectivity index (χ0v) is 11.7. The average molecular weight is 305 g/mol. The van der Waals surface area contributed by atoms with Crippen molar-refractivity contribution in [2.75, 3.05) is 0 Å². The largest absolute Gasteiger partial charge is 0.393 e. The van der Waals surface area contributed by atoms with E-state index in [9.17, 15) is 13.2 Å². The highest BCUT2D eigenvalue weighted by molar-refractivity contribution is 6.01. The molecule has 5 heteroatoms. The van der Waals surface area contributed by atoms with Crippen molar-refractivity contribution in [2.45, 2.75) is 24.6 Å². The quantitative estimate of drug-likeness (QED) is 0.808. The zero-order chi connectivity index (χ0) is 15.6. The Morgan fingerprint density at radius 1 is 0.955 bits per heavy atom. The number of halogens is 3. The Morgan fingerprint density at radius 3 is 2.14 bits per heavy atom. The fourth-order valence-electron chi connectivity index (χ4n) is 2.68. The smallest absolute Gasteiger partial charge is 0.383 e. The van der Waals surface area contributed by atoms with Gasteiger partial charge in [0.2, 0.25) is 0 Å².